The lowest BCUT2D eigenvalue weighted by atomic mass is 10.0. The number of benzene rings is 1. The highest BCUT2D eigenvalue weighted by molar-refractivity contribution is 5.97. The number of aliphatic hydroxyl groups excluding tert-OH is 1. The Kier molecular flexibility index (Phi) is 4.51. The summed E-state index contributed by atoms with van der Waals surface area (Å²) in [4.78, 5) is 28.0. The molecule has 24 heavy (non-hydrogen) atoms. The number of hydrogen-bond acceptors (Lipinski definition) is 4. The topological polar surface area (TPSA) is 72.9 Å². The lowest BCUT2D eigenvalue weighted by Crippen LogP contribution is -2.70. The van der Waals surface area contributed by atoms with Gasteiger partial charge in [-0.2, -0.15) is 0 Å². The van der Waals surface area contributed by atoms with Crippen LogP contribution in [-0.2, 0) is 16.1 Å². The second kappa shape index (κ2) is 6.45. The van der Waals surface area contributed by atoms with Gasteiger partial charge in [-0.05, 0) is 24.6 Å². The normalized spacial score (nSPS) is 26.1. The molecule has 0 saturated carbocycles. The average molecular weight is 339 g/mol. The van der Waals surface area contributed by atoms with Crippen molar-refractivity contribution < 1.29 is 23.5 Å². The summed E-state index contributed by atoms with van der Waals surface area (Å²) in [5.74, 6) is -2.40. The standard InChI is InChI=1S/C16H19F2N3O3/c1-9(22)14-16(24)21-5-4-20(8-13(21)15(23)19-14)7-10-2-3-11(17)12(18)6-10/h2-3,6,9,13-14,22H,4-5,7-8H2,1H3,(H,19,23)/t9-,13+,14+/m0/s1. The van der Waals surface area contributed by atoms with E-state index in [0.29, 0.717) is 31.7 Å². The molecule has 6 nitrogen and oxygen atoms in total. The molecule has 2 N–H and O–H groups in total. The second-order valence-corrected chi connectivity index (χ2v) is 6.26. The van der Waals surface area contributed by atoms with Crippen molar-refractivity contribution in [3.8, 4) is 0 Å². The number of nitrogens with zero attached hydrogens (tertiary/aromatic N) is 2. The summed E-state index contributed by atoms with van der Waals surface area (Å²) < 4.78 is 26.3. The van der Waals surface area contributed by atoms with Crippen LogP contribution < -0.4 is 5.32 Å². The maximum absolute atomic E-state index is 13.3. The molecule has 2 amide bonds. The lowest BCUT2D eigenvalue weighted by Gasteiger charge is -2.45. The van der Waals surface area contributed by atoms with E-state index < -0.39 is 29.8 Å². The van der Waals surface area contributed by atoms with Crippen molar-refractivity contribution in [3.63, 3.8) is 0 Å². The molecule has 1 aromatic rings. The van der Waals surface area contributed by atoms with Crippen LogP contribution in [0.5, 0.6) is 0 Å². The van der Waals surface area contributed by atoms with Crippen molar-refractivity contribution in [2.45, 2.75) is 31.7 Å². The van der Waals surface area contributed by atoms with E-state index in [1.54, 1.807) is 0 Å². The van der Waals surface area contributed by atoms with Crippen molar-refractivity contribution in [3.05, 3.63) is 35.4 Å². The molecular formula is C16H19F2N3O3. The molecule has 1 aromatic carbocycles. The smallest absolute Gasteiger partial charge is 0.248 e. The van der Waals surface area contributed by atoms with E-state index in [-0.39, 0.29) is 11.8 Å². The quantitative estimate of drug-likeness (QED) is 0.804. The fraction of sp³-hybridized carbons (Fsp3) is 0.500. The summed E-state index contributed by atoms with van der Waals surface area (Å²) in [5.41, 5.74) is 0.603. The number of fused-ring (bicyclic) bond motifs is 1. The molecule has 2 aliphatic heterocycles. The Morgan fingerprint density at radius 1 is 1.29 bits per heavy atom. The Bertz CT molecular complexity index is 668. The lowest BCUT2D eigenvalue weighted by molar-refractivity contribution is -0.156. The first kappa shape index (κ1) is 16.8. The van der Waals surface area contributed by atoms with Gasteiger partial charge in [0.2, 0.25) is 11.8 Å². The zero-order chi connectivity index (χ0) is 17.4. The van der Waals surface area contributed by atoms with E-state index in [1.165, 1.54) is 17.9 Å². The minimum atomic E-state index is -0.956. The van der Waals surface area contributed by atoms with Crippen molar-refractivity contribution >= 4 is 11.8 Å². The van der Waals surface area contributed by atoms with E-state index in [4.69, 9.17) is 0 Å². The molecule has 0 bridgehead atoms. The van der Waals surface area contributed by atoms with Crippen LogP contribution in [0.4, 0.5) is 8.78 Å². The third-order valence-electron chi connectivity index (χ3n) is 4.49. The van der Waals surface area contributed by atoms with Crippen LogP contribution in [0.2, 0.25) is 0 Å². The Labute approximate surface area is 138 Å². The number of carbonyl (C=O) groups is 2. The highest BCUT2D eigenvalue weighted by Crippen LogP contribution is 2.19. The van der Waals surface area contributed by atoms with Gasteiger partial charge in [-0.25, -0.2) is 8.78 Å². The van der Waals surface area contributed by atoms with Crippen molar-refractivity contribution in [1.82, 2.24) is 15.1 Å². The van der Waals surface area contributed by atoms with Crippen LogP contribution in [0.3, 0.4) is 0 Å². The largest absolute Gasteiger partial charge is 0.391 e. The first-order valence-corrected chi connectivity index (χ1v) is 7.82. The molecule has 2 aliphatic rings. The summed E-state index contributed by atoms with van der Waals surface area (Å²) in [7, 11) is 0. The Morgan fingerprint density at radius 2 is 2.04 bits per heavy atom. The number of amides is 2. The van der Waals surface area contributed by atoms with Crippen molar-refractivity contribution in [2.75, 3.05) is 19.6 Å². The van der Waals surface area contributed by atoms with Crippen molar-refractivity contribution in [1.29, 1.82) is 0 Å². The number of hydrogen-bond donors (Lipinski definition) is 2. The first-order chi connectivity index (χ1) is 11.4. The van der Waals surface area contributed by atoms with E-state index in [0.717, 1.165) is 12.1 Å². The summed E-state index contributed by atoms with van der Waals surface area (Å²) in [6.45, 7) is 3.00. The highest BCUT2D eigenvalue weighted by atomic mass is 19.2. The van der Waals surface area contributed by atoms with Crippen LogP contribution in [-0.4, -0.2) is 64.5 Å². The molecule has 0 aliphatic carbocycles. The Morgan fingerprint density at radius 3 is 2.71 bits per heavy atom. The average Bonchev–Trinajstić information content (AvgIpc) is 2.54. The fourth-order valence-corrected chi connectivity index (χ4v) is 3.18. The van der Waals surface area contributed by atoms with Gasteiger partial charge in [0.05, 0.1) is 6.10 Å². The summed E-state index contributed by atoms with van der Waals surface area (Å²) in [5, 5.41) is 12.2. The zero-order valence-electron chi connectivity index (χ0n) is 13.2. The molecule has 2 fully saturated rings. The minimum Gasteiger partial charge on any atom is -0.391 e. The molecule has 0 unspecified atom stereocenters. The van der Waals surface area contributed by atoms with Crippen molar-refractivity contribution in [2.24, 2.45) is 0 Å². The summed E-state index contributed by atoms with van der Waals surface area (Å²) in [6.07, 6.45) is -0.956. The molecule has 0 spiro atoms. The van der Waals surface area contributed by atoms with Gasteiger partial charge in [0.1, 0.15) is 12.1 Å². The highest BCUT2D eigenvalue weighted by Gasteiger charge is 2.44. The summed E-state index contributed by atoms with van der Waals surface area (Å²) >= 11 is 0. The molecule has 0 radical (unpaired) electrons. The van der Waals surface area contributed by atoms with Gasteiger partial charge in [-0.3, -0.25) is 14.5 Å². The number of halogens is 2. The van der Waals surface area contributed by atoms with Gasteiger partial charge in [0, 0.05) is 26.2 Å². The van der Waals surface area contributed by atoms with Gasteiger partial charge in [0.15, 0.2) is 11.6 Å². The number of piperazine rings is 2. The van der Waals surface area contributed by atoms with Crippen LogP contribution >= 0.6 is 0 Å². The maximum Gasteiger partial charge on any atom is 0.248 e. The molecule has 0 aromatic heterocycles. The van der Waals surface area contributed by atoms with Gasteiger partial charge >= 0.3 is 0 Å². The number of carbonyl (C=O) groups excluding carboxylic acids is 2. The number of aliphatic hydroxyl groups is 1. The predicted octanol–water partition coefficient (Wildman–Crippen LogP) is -0.143. The monoisotopic (exact) mass is 339 g/mol. The zero-order valence-corrected chi connectivity index (χ0v) is 13.2. The SMILES string of the molecule is C[C@H](O)[C@H]1NC(=O)[C@H]2CN(Cc3ccc(F)c(F)c3)CCN2C1=O. The molecule has 3 atom stereocenters. The van der Waals surface area contributed by atoms with Crippen LogP contribution in [0, 0.1) is 11.6 Å². The van der Waals surface area contributed by atoms with Gasteiger partial charge in [-0.1, -0.05) is 6.07 Å². The molecule has 8 heteroatoms. The fourth-order valence-electron chi connectivity index (χ4n) is 3.18. The first-order valence-electron chi connectivity index (χ1n) is 7.82. The molecule has 2 saturated heterocycles. The third-order valence-corrected chi connectivity index (χ3v) is 4.49. The molecule has 3 rings (SSSR count). The third kappa shape index (κ3) is 3.11. The van der Waals surface area contributed by atoms with Gasteiger partial charge in [0.25, 0.3) is 0 Å². The molecule has 130 valence electrons. The van der Waals surface area contributed by atoms with E-state index >= 15 is 0 Å². The Balaban J connectivity index is 1.69. The van der Waals surface area contributed by atoms with E-state index in [1.807, 2.05) is 4.90 Å². The van der Waals surface area contributed by atoms with E-state index in [9.17, 15) is 23.5 Å². The Hall–Kier alpha value is -2.06. The van der Waals surface area contributed by atoms with Crippen LogP contribution in [0.1, 0.15) is 12.5 Å². The van der Waals surface area contributed by atoms with Crippen LogP contribution in [0.25, 0.3) is 0 Å². The van der Waals surface area contributed by atoms with E-state index in [2.05, 4.69) is 5.32 Å². The number of rotatable bonds is 3. The predicted molar refractivity (Wildman–Crippen MR) is 80.7 cm³/mol. The maximum atomic E-state index is 13.3. The van der Waals surface area contributed by atoms with Gasteiger partial charge < -0.3 is 15.3 Å². The second-order valence-electron chi connectivity index (χ2n) is 6.26. The summed E-state index contributed by atoms with van der Waals surface area (Å²) in [6, 6.07) is 2.17. The minimum absolute atomic E-state index is 0.290. The van der Waals surface area contributed by atoms with Gasteiger partial charge in [-0.15, -0.1) is 0 Å². The van der Waals surface area contributed by atoms with Crippen LogP contribution in [0.15, 0.2) is 18.2 Å². The molecule has 2 heterocycles. The molecular weight excluding hydrogens is 320 g/mol. The number of nitrogens with one attached hydrogen (secondary N) is 1.